The van der Waals surface area contributed by atoms with E-state index in [0.717, 1.165) is 30.8 Å². The van der Waals surface area contributed by atoms with E-state index in [1.807, 2.05) is 42.5 Å². The van der Waals surface area contributed by atoms with Gasteiger partial charge in [-0.05, 0) is 30.2 Å². The summed E-state index contributed by atoms with van der Waals surface area (Å²) in [5.41, 5.74) is 7.82. The zero-order chi connectivity index (χ0) is 18.9. The maximum Gasteiger partial charge on any atom is 0.239 e. The van der Waals surface area contributed by atoms with Gasteiger partial charge in [-0.25, -0.2) is 0 Å². The summed E-state index contributed by atoms with van der Waals surface area (Å²) < 4.78 is 0. The molecule has 1 unspecified atom stereocenters. The molecule has 5 nitrogen and oxygen atoms in total. The van der Waals surface area contributed by atoms with Gasteiger partial charge in [0.05, 0.1) is 5.41 Å². The largest absolute Gasteiger partial charge is 0.368 e. The lowest BCUT2D eigenvalue weighted by Gasteiger charge is -2.24. The molecule has 138 valence electrons. The molecule has 5 heteroatoms. The van der Waals surface area contributed by atoms with E-state index in [4.69, 9.17) is 5.73 Å². The molecule has 2 heterocycles. The van der Waals surface area contributed by atoms with E-state index in [2.05, 4.69) is 29.2 Å². The predicted molar refractivity (Wildman–Crippen MR) is 106 cm³/mol. The molecule has 2 N–H and O–H groups in total. The van der Waals surface area contributed by atoms with Gasteiger partial charge in [-0.1, -0.05) is 60.7 Å². The molecule has 1 saturated heterocycles. The fraction of sp³-hybridized carbons (Fsp3) is 0.273. The van der Waals surface area contributed by atoms with Gasteiger partial charge in [-0.15, -0.1) is 0 Å². The molecule has 2 aliphatic rings. The van der Waals surface area contributed by atoms with Crippen LogP contribution in [0.1, 0.15) is 17.5 Å². The number of likely N-dealkylation sites (tertiary alicyclic amines) is 1. The number of anilines is 1. The molecule has 0 saturated carbocycles. The summed E-state index contributed by atoms with van der Waals surface area (Å²) in [6.07, 6.45) is 5.01. The first-order valence-corrected chi connectivity index (χ1v) is 9.24. The van der Waals surface area contributed by atoms with Gasteiger partial charge in [0.25, 0.3) is 0 Å². The summed E-state index contributed by atoms with van der Waals surface area (Å²) in [5, 5.41) is 0. The second-order valence-electron chi connectivity index (χ2n) is 7.26. The highest BCUT2D eigenvalue weighted by atomic mass is 16.2. The van der Waals surface area contributed by atoms with Gasteiger partial charge < -0.3 is 10.6 Å². The maximum atomic E-state index is 13.2. The van der Waals surface area contributed by atoms with Crippen LogP contribution in [0.15, 0.2) is 60.7 Å². The molecule has 0 aromatic heterocycles. The molecule has 27 heavy (non-hydrogen) atoms. The second kappa shape index (κ2) is 7.00. The van der Waals surface area contributed by atoms with Crippen molar-refractivity contribution >= 4 is 23.6 Å². The highest BCUT2D eigenvalue weighted by molar-refractivity contribution is 6.11. The zero-order valence-corrected chi connectivity index (χ0v) is 15.2. The van der Waals surface area contributed by atoms with Gasteiger partial charge in [-0.3, -0.25) is 14.5 Å². The lowest BCUT2D eigenvalue weighted by molar-refractivity contribution is -0.125. The topological polar surface area (TPSA) is 66.6 Å². The number of carbonyl (C=O) groups is 2. The lowest BCUT2D eigenvalue weighted by atomic mass is 9.81. The number of fused-ring (bicyclic) bond motifs is 2. The van der Waals surface area contributed by atoms with Gasteiger partial charge in [0.15, 0.2) is 0 Å². The Labute approximate surface area is 159 Å². The molecular formula is C22H23N3O2. The van der Waals surface area contributed by atoms with Crippen molar-refractivity contribution in [2.45, 2.75) is 11.8 Å². The summed E-state index contributed by atoms with van der Waals surface area (Å²) in [7, 11) is 0. The quantitative estimate of drug-likeness (QED) is 0.888. The van der Waals surface area contributed by atoms with Crippen molar-refractivity contribution in [3.05, 3.63) is 71.8 Å². The van der Waals surface area contributed by atoms with Crippen LogP contribution in [0.2, 0.25) is 0 Å². The van der Waals surface area contributed by atoms with Crippen LogP contribution in [0.25, 0.3) is 6.08 Å². The number of carbonyl (C=O) groups excluding carboxylic acids is 2. The number of hydrogen-bond acceptors (Lipinski definition) is 3. The SMILES string of the molecule is NC(=O)CN1C(=O)C2(CCN(CC=Cc3ccccc3)C2)c2ccccc21. The molecule has 0 bridgehead atoms. The monoisotopic (exact) mass is 361 g/mol. The number of nitrogens with zero attached hydrogens (tertiary/aromatic N) is 2. The van der Waals surface area contributed by atoms with E-state index in [9.17, 15) is 9.59 Å². The summed E-state index contributed by atoms with van der Waals surface area (Å²) in [4.78, 5) is 28.5. The van der Waals surface area contributed by atoms with Crippen molar-refractivity contribution < 1.29 is 9.59 Å². The highest BCUT2D eigenvalue weighted by Crippen LogP contribution is 2.47. The van der Waals surface area contributed by atoms with Gasteiger partial charge in [0.1, 0.15) is 6.54 Å². The van der Waals surface area contributed by atoms with E-state index >= 15 is 0 Å². The van der Waals surface area contributed by atoms with Crippen LogP contribution in [-0.4, -0.2) is 42.9 Å². The molecule has 0 aliphatic carbocycles. The van der Waals surface area contributed by atoms with Gasteiger partial charge in [0.2, 0.25) is 11.8 Å². The Bertz CT molecular complexity index is 893. The predicted octanol–water partition coefficient (Wildman–Crippen LogP) is 2.18. The molecule has 1 spiro atoms. The number of primary amides is 1. The third-order valence-corrected chi connectivity index (χ3v) is 5.50. The van der Waals surface area contributed by atoms with Crippen LogP contribution in [0.4, 0.5) is 5.69 Å². The minimum Gasteiger partial charge on any atom is -0.368 e. The highest BCUT2D eigenvalue weighted by Gasteiger charge is 2.54. The molecule has 1 fully saturated rings. The maximum absolute atomic E-state index is 13.2. The zero-order valence-electron chi connectivity index (χ0n) is 15.2. The fourth-order valence-corrected chi connectivity index (χ4v) is 4.25. The first kappa shape index (κ1) is 17.5. The molecule has 1 atom stereocenters. The number of nitrogens with two attached hydrogens (primary N) is 1. The van der Waals surface area contributed by atoms with Crippen molar-refractivity contribution in [2.75, 3.05) is 31.1 Å². The molecule has 4 rings (SSSR count). The number of hydrogen-bond donors (Lipinski definition) is 1. The van der Waals surface area contributed by atoms with Crippen LogP contribution in [-0.2, 0) is 15.0 Å². The second-order valence-corrected chi connectivity index (χ2v) is 7.26. The molecule has 2 amide bonds. The van der Waals surface area contributed by atoms with Crippen LogP contribution >= 0.6 is 0 Å². The van der Waals surface area contributed by atoms with Crippen molar-refractivity contribution in [2.24, 2.45) is 5.73 Å². The molecule has 2 aromatic carbocycles. The van der Waals surface area contributed by atoms with Crippen LogP contribution in [0, 0.1) is 0 Å². The van der Waals surface area contributed by atoms with Crippen molar-refractivity contribution in [1.82, 2.24) is 4.90 Å². The molecular weight excluding hydrogens is 338 g/mol. The Morgan fingerprint density at radius 1 is 1.11 bits per heavy atom. The Kier molecular flexibility index (Phi) is 4.54. The van der Waals surface area contributed by atoms with Crippen molar-refractivity contribution in [3.8, 4) is 0 Å². The van der Waals surface area contributed by atoms with E-state index in [1.165, 1.54) is 5.56 Å². The summed E-state index contributed by atoms with van der Waals surface area (Å²) in [5.74, 6) is -0.493. The van der Waals surface area contributed by atoms with Gasteiger partial charge in [-0.2, -0.15) is 0 Å². The Hall–Kier alpha value is -2.92. The summed E-state index contributed by atoms with van der Waals surface area (Å²) >= 11 is 0. The van der Waals surface area contributed by atoms with E-state index in [0.29, 0.717) is 6.54 Å². The molecule has 2 aliphatic heterocycles. The average molecular weight is 361 g/mol. The van der Waals surface area contributed by atoms with Crippen LogP contribution in [0.3, 0.4) is 0 Å². The van der Waals surface area contributed by atoms with Crippen LogP contribution in [0.5, 0.6) is 0 Å². The Morgan fingerprint density at radius 3 is 2.63 bits per heavy atom. The first-order valence-electron chi connectivity index (χ1n) is 9.24. The summed E-state index contributed by atoms with van der Waals surface area (Å²) in [6.45, 7) is 2.24. The standard InChI is InChI=1S/C22H23N3O2/c23-20(26)15-25-19-11-5-4-10-18(19)22(21(25)27)12-14-24(16-22)13-6-9-17-7-2-1-3-8-17/h1-11H,12-16H2,(H2,23,26). The van der Waals surface area contributed by atoms with Crippen LogP contribution < -0.4 is 10.6 Å². The number of benzene rings is 2. The number of rotatable bonds is 5. The normalized spacial score (nSPS) is 22.1. The Balaban J connectivity index is 1.53. The third-order valence-electron chi connectivity index (χ3n) is 5.50. The van der Waals surface area contributed by atoms with E-state index < -0.39 is 11.3 Å². The number of para-hydroxylation sites is 1. The minimum atomic E-state index is -0.563. The summed E-state index contributed by atoms with van der Waals surface area (Å²) in [6, 6.07) is 18.0. The number of amides is 2. The third kappa shape index (κ3) is 3.15. The first-order chi connectivity index (χ1) is 13.1. The lowest BCUT2D eigenvalue weighted by Crippen LogP contribution is -2.45. The van der Waals surface area contributed by atoms with Crippen molar-refractivity contribution in [1.29, 1.82) is 0 Å². The van der Waals surface area contributed by atoms with Gasteiger partial charge in [0, 0.05) is 18.8 Å². The minimum absolute atomic E-state index is 0.00274. The average Bonchev–Trinajstić information content (AvgIpc) is 3.20. The molecule has 0 radical (unpaired) electrons. The van der Waals surface area contributed by atoms with Gasteiger partial charge >= 0.3 is 0 Å². The van der Waals surface area contributed by atoms with E-state index in [1.54, 1.807) is 4.90 Å². The smallest absolute Gasteiger partial charge is 0.239 e. The molecule has 2 aromatic rings. The van der Waals surface area contributed by atoms with E-state index in [-0.39, 0.29) is 12.5 Å². The Morgan fingerprint density at radius 2 is 1.85 bits per heavy atom. The van der Waals surface area contributed by atoms with Crippen molar-refractivity contribution in [3.63, 3.8) is 0 Å². The fourth-order valence-electron chi connectivity index (χ4n) is 4.25.